The zero-order valence-electron chi connectivity index (χ0n) is 8.22. The molecular weight excluding hydrogens is 136 g/mol. The largest absolute Gasteiger partial charge is 0.134 e. The lowest BCUT2D eigenvalue weighted by molar-refractivity contribution is 0.0250. The molecule has 1 fully saturated rings. The summed E-state index contributed by atoms with van der Waals surface area (Å²) in [4.78, 5) is 0. The van der Waals surface area contributed by atoms with E-state index in [1.54, 1.807) is 0 Å². The fourth-order valence-corrected chi connectivity index (χ4v) is 1.73. The third-order valence-corrected chi connectivity index (χ3v) is 2.45. The van der Waals surface area contributed by atoms with Crippen molar-refractivity contribution < 1.29 is 0 Å². The fourth-order valence-electron chi connectivity index (χ4n) is 1.73. The Morgan fingerprint density at radius 3 is 2.27 bits per heavy atom. The topological polar surface area (TPSA) is 9.14 Å². The van der Waals surface area contributed by atoms with Crippen LogP contribution in [0.1, 0.15) is 26.7 Å². The molecule has 0 aromatic rings. The molecule has 0 amide bonds. The maximum absolute atomic E-state index is 2.42. The molecule has 1 aliphatic heterocycles. The van der Waals surface area contributed by atoms with Crippen molar-refractivity contribution in [1.29, 1.82) is 0 Å². The second kappa shape index (κ2) is 3.11. The summed E-state index contributed by atoms with van der Waals surface area (Å²) in [6, 6.07) is 0. The van der Waals surface area contributed by atoms with Crippen molar-refractivity contribution in [2.24, 2.45) is 5.41 Å². The lowest BCUT2D eigenvalue weighted by Gasteiger charge is -2.35. The van der Waals surface area contributed by atoms with E-state index >= 15 is 0 Å². The molecule has 65 valence electrons. The first kappa shape index (κ1) is 9.01. The highest BCUT2D eigenvalue weighted by Gasteiger charge is 2.31. The summed E-state index contributed by atoms with van der Waals surface area (Å²) in [6.45, 7) is 7.14. The van der Waals surface area contributed by atoms with Gasteiger partial charge in [-0.15, -0.1) is 5.01 Å². The van der Waals surface area contributed by atoms with Crippen LogP contribution < -0.4 is 5.01 Å². The molecule has 1 saturated heterocycles. The van der Waals surface area contributed by atoms with Crippen molar-refractivity contribution >= 4 is 0 Å². The van der Waals surface area contributed by atoms with Gasteiger partial charge in [-0.05, 0) is 18.3 Å². The average molecular weight is 156 g/mol. The van der Waals surface area contributed by atoms with Crippen LogP contribution in [0.15, 0.2) is 0 Å². The fraction of sp³-hybridized carbons (Fsp3) is 1.00. The van der Waals surface area contributed by atoms with Gasteiger partial charge in [-0.2, -0.15) is 0 Å². The van der Waals surface area contributed by atoms with Gasteiger partial charge >= 0.3 is 0 Å². The highest BCUT2D eigenvalue weighted by Crippen LogP contribution is 2.27. The summed E-state index contributed by atoms with van der Waals surface area (Å²) < 4.78 is 0. The summed E-state index contributed by atoms with van der Waals surface area (Å²) in [7, 11) is 4.25. The van der Waals surface area contributed by atoms with Crippen molar-refractivity contribution in [2.45, 2.75) is 26.7 Å². The lowest BCUT2D eigenvalue weighted by atomic mass is 9.85. The van der Waals surface area contributed by atoms with Crippen LogP contribution in [0.5, 0.6) is 0 Å². The number of rotatable bonds is 1. The molecule has 2 nitrogen and oxygen atoms in total. The van der Waals surface area contributed by atoms with E-state index < -0.39 is 0 Å². The molecule has 0 atom stereocenters. The van der Waals surface area contributed by atoms with Gasteiger partial charge in [0.15, 0.2) is 0 Å². The lowest BCUT2D eigenvalue weighted by Crippen LogP contribution is -2.50. The molecule has 0 unspecified atom stereocenters. The van der Waals surface area contributed by atoms with Crippen molar-refractivity contribution in [3.63, 3.8) is 0 Å². The van der Waals surface area contributed by atoms with Crippen LogP contribution in [-0.4, -0.2) is 32.2 Å². The Morgan fingerprint density at radius 2 is 1.91 bits per heavy atom. The van der Waals surface area contributed by atoms with Gasteiger partial charge in [0, 0.05) is 0 Å². The summed E-state index contributed by atoms with van der Waals surface area (Å²) in [5, 5.41) is 4.63. The number of hydrogen-bond acceptors (Lipinski definition) is 2. The van der Waals surface area contributed by atoms with Crippen LogP contribution in [0.4, 0.5) is 0 Å². The third-order valence-electron chi connectivity index (χ3n) is 2.45. The molecule has 0 N–H and O–H groups in total. The maximum Gasteiger partial charge on any atom is 0.134 e. The zero-order chi connectivity index (χ0) is 8.48. The van der Waals surface area contributed by atoms with Crippen LogP contribution in [0.2, 0.25) is 0 Å². The molecule has 1 aliphatic rings. The second-order valence-electron chi connectivity index (χ2n) is 4.50. The smallest absolute Gasteiger partial charge is 0.106 e. The zero-order valence-corrected chi connectivity index (χ0v) is 8.22. The van der Waals surface area contributed by atoms with Gasteiger partial charge in [0.05, 0.1) is 13.1 Å². The van der Waals surface area contributed by atoms with E-state index in [0.29, 0.717) is 5.41 Å². The third kappa shape index (κ3) is 2.46. The number of hydrogen-bond donors (Lipinski definition) is 0. The van der Waals surface area contributed by atoms with Gasteiger partial charge in [-0.1, -0.05) is 18.9 Å². The minimum atomic E-state index is 0.516. The van der Waals surface area contributed by atoms with Gasteiger partial charge in [0.1, 0.15) is 14.1 Å². The minimum absolute atomic E-state index is 0.516. The minimum Gasteiger partial charge on any atom is -0.106 e. The first-order valence-corrected chi connectivity index (χ1v) is 4.43. The molecule has 1 radical (unpaired) electrons. The Labute approximate surface area is 70.1 Å². The number of piperidine rings is 1. The molecule has 0 spiro atoms. The van der Waals surface area contributed by atoms with Crippen LogP contribution in [0.25, 0.3) is 0 Å². The summed E-state index contributed by atoms with van der Waals surface area (Å²) in [6.07, 6.45) is 2.71. The van der Waals surface area contributed by atoms with Crippen LogP contribution >= 0.6 is 0 Å². The van der Waals surface area contributed by atoms with Crippen molar-refractivity contribution in [3.8, 4) is 0 Å². The van der Waals surface area contributed by atoms with Gasteiger partial charge in [0.25, 0.3) is 0 Å². The highest BCUT2D eigenvalue weighted by atomic mass is 15.6. The molecule has 0 aromatic carbocycles. The summed E-state index contributed by atoms with van der Waals surface area (Å²) in [5.74, 6) is 0. The standard InChI is InChI=1S/C9H20N2/c1-9(2)6-5-7-11(8-9)10(3)4/h5-8H2,1-4H3/q+1. The number of nitrogens with zero attached hydrogens (tertiary/aromatic N) is 2. The number of hydrazine groups is 1. The Morgan fingerprint density at radius 1 is 1.27 bits per heavy atom. The van der Waals surface area contributed by atoms with E-state index in [9.17, 15) is 0 Å². The van der Waals surface area contributed by atoms with Crippen LogP contribution in [0, 0.1) is 5.41 Å². The van der Waals surface area contributed by atoms with Crippen LogP contribution in [0.3, 0.4) is 0 Å². The molecule has 2 heteroatoms. The molecule has 11 heavy (non-hydrogen) atoms. The Bertz CT molecular complexity index is 130. The predicted molar refractivity (Wildman–Crippen MR) is 48.6 cm³/mol. The van der Waals surface area contributed by atoms with E-state index in [4.69, 9.17) is 0 Å². The van der Waals surface area contributed by atoms with Gasteiger partial charge in [-0.25, -0.2) is 0 Å². The Kier molecular flexibility index (Phi) is 2.55. The molecule has 1 rings (SSSR count). The summed E-state index contributed by atoms with van der Waals surface area (Å²) >= 11 is 0. The first-order valence-electron chi connectivity index (χ1n) is 4.43. The summed E-state index contributed by atoms with van der Waals surface area (Å²) in [5.41, 5.74) is 0.516. The van der Waals surface area contributed by atoms with Gasteiger partial charge < -0.3 is 0 Å². The molecule has 0 aromatic heterocycles. The highest BCUT2D eigenvalue weighted by molar-refractivity contribution is 4.78. The average Bonchev–Trinajstić information content (AvgIpc) is 1.85. The molecule has 0 saturated carbocycles. The predicted octanol–water partition coefficient (Wildman–Crippen LogP) is 1.42. The molecule has 1 heterocycles. The van der Waals surface area contributed by atoms with E-state index in [-0.39, 0.29) is 0 Å². The first-order chi connectivity index (χ1) is 5.01. The van der Waals surface area contributed by atoms with E-state index in [2.05, 4.69) is 38.0 Å². The molecular formula is C9H20N2+. The van der Waals surface area contributed by atoms with Crippen LogP contribution in [-0.2, 0) is 0 Å². The maximum atomic E-state index is 2.42. The Hall–Kier alpha value is -0.0800. The molecule has 0 aliphatic carbocycles. The monoisotopic (exact) mass is 156 g/mol. The van der Waals surface area contributed by atoms with Gasteiger partial charge in [-0.3, -0.25) is 0 Å². The normalized spacial score (nSPS) is 25.9. The van der Waals surface area contributed by atoms with E-state index in [0.717, 1.165) is 0 Å². The van der Waals surface area contributed by atoms with Crippen molar-refractivity contribution in [1.82, 2.24) is 10.0 Å². The van der Waals surface area contributed by atoms with Gasteiger partial charge in [0.2, 0.25) is 0 Å². The van der Waals surface area contributed by atoms with E-state index in [1.165, 1.54) is 25.9 Å². The van der Waals surface area contributed by atoms with E-state index in [1.807, 2.05) is 0 Å². The second-order valence-corrected chi connectivity index (χ2v) is 4.50. The molecule has 0 bridgehead atoms. The van der Waals surface area contributed by atoms with Crippen molar-refractivity contribution in [2.75, 3.05) is 27.2 Å². The quantitative estimate of drug-likeness (QED) is 0.522. The SMILES string of the molecule is C[N+](C)N1CCCC(C)(C)C1. The Balaban J connectivity index is 2.46. The van der Waals surface area contributed by atoms with Crippen molar-refractivity contribution in [3.05, 3.63) is 0 Å².